The molecule has 0 saturated carbocycles. The minimum Gasteiger partial charge on any atom is -0.319 e. The van der Waals surface area contributed by atoms with Gasteiger partial charge in [0.1, 0.15) is 5.82 Å². The normalized spacial score (nSPS) is 10.2. The van der Waals surface area contributed by atoms with E-state index in [1.807, 2.05) is 7.05 Å². The van der Waals surface area contributed by atoms with Gasteiger partial charge in [0.25, 0.3) is 0 Å². The molecule has 1 nitrogen and oxygen atoms in total. The topological polar surface area (TPSA) is 12.0 Å². The number of hydrogen-bond donors (Lipinski definition) is 1. The first kappa shape index (κ1) is 9.49. The van der Waals surface area contributed by atoms with Gasteiger partial charge in [-0.05, 0) is 37.7 Å². The Hall–Kier alpha value is -0.600. The Kier molecular flexibility index (Phi) is 3.50. The maximum absolute atomic E-state index is 12.6. The average molecular weight is 188 g/mol. The second-order valence-corrected chi connectivity index (χ2v) is 3.00. The van der Waals surface area contributed by atoms with E-state index in [-0.39, 0.29) is 5.82 Å². The van der Waals surface area contributed by atoms with Crippen molar-refractivity contribution < 1.29 is 4.39 Å². The molecule has 0 heterocycles. The van der Waals surface area contributed by atoms with Crippen LogP contribution in [0.2, 0.25) is 5.02 Å². The third kappa shape index (κ3) is 2.47. The molecule has 66 valence electrons. The zero-order chi connectivity index (χ0) is 8.97. The third-order valence-corrected chi connectivity index (χ3v) is 2.01. The van der Waals surface area contributed by atoms with Crippen LogP contribution < -0.4 is 5.32 Å². The van der Waals surface area contributed by atoms with Gasteiger partial charge in [0.15, 0.2) is 0 Å². The molecular formula is C9H11ClFN. The summed E-state index contributed by atoms with van der Waals surface area (Å²) in [6.45, 7) is 0.853. The van der Waals surface area contributed by atoms with Crippen LogP contribution in [0.1, 0.15) is 5.56 Å². The minimum atomic E-state index is -0.284. The molecule has 12 heavy (non-hydrogen) atoms. The summed E-state index contributed by atoms with van der Waals surface area (Å²) in [6, 6.07) is 4.48. The number of hydrogen-bond acceptors (Lipinski definition) is 1. The van der Waals surface area contributed by atoms with Gasteiger partial charge in [-0.25, -0.2) is 4.39 Å². The summed E-state index contributed by atoms with van der Waals surface area (Å²) < 4.78 is 12.6. The van der Waals surface area contributed by atoms with E-state index in [1.165, 1.54) is 12.1 Å². The van der Waals surface area contributed by atoms with Crippen LogP contribution in [0.25, 0.3) is 0 Å². The monoisotopic (exact) mass is 187 g/mol. The zero-order valence-corrected chi connectivity index (χ0v) is 7.66. The molecule has 0 aromatic heterocycles. The lowest BCUT2D eigenvalue weighted by atomic mass is 10.1. The molecule has 0 bridgehead atoms. The van der Waals surface area contributed by atoms with Crippen molar-refractivity contribution in [2.75, 3.05) is 13.6 Å². The summed E-state index contributed by atoms with van der Waals surface area (Å²) in [6.07, 6.45) is 0.829. The molecule has 0 aliphatic rings. The van der Waals surface area contributed by atoms with E-state index in [0.29, 0.717) is 5.02 Å². The maximum Gasteiger partial charge on any atom is 0.124 e. The van der Waals surface area contributed by atoms with Gasteiger partial charge < -0.3 is 5.32 Å². The summed E-state index contributed by atoms with van der Waals surface area (Å²) in [5.41, 5.74) is 0.979. The molecule has 0 amide bonds. The summed E-state index contributed by atoms with van der Waals surface area (Å²) in [4.78, 5) is 0. The Morgan fingerprint density at radius 1 is 1.50 bits per heavy atom. The smallest absolute Gasteiger partial charge is 0.124 e. The number of benzene rings is 1. The van der Waals surface area contributed by atoms with Crippen molar-refractivity contribution >= 4 is 11.6 Å². The van der Waals surface area contributed by atoms with Gasteiger partial charge in [-0.2, -0.15) is 0 Å². The van der Waals surface area contributed by atoms with E-state index < -0.39 is 0 Å². The van der Waals surface area contributed by atoms with Crippen molar-refractivity contribution in [1.29, 1.82) is 0 Å². The van der Waals surface area contributed by atoms with E-state index in [4.69, 9.17) is 11.6 Å². The Labute approximate surface area is 76.5 Å². The standard InChI is InChI=1S/C9H11ClFN/c1-12-5-4-7-2-3-8(11)6-9(7)10/h2-3,6,12H,4-5H2,1H3. The van der Waals surface area contributed by atoms with Crippen molar-refractivity contribution in [3.05, 3.63) is 34.6 Å². The summed E-state index contributed by atoms with van der Waals surface area (Å²) in [5.74, 6) is -0.284. The largest absolute Gasteiger partial charge is 0.319 e. The Balaban J connectivity index is 2.72. The summed E-state index contributed by atoms with van der Waals surface area (Å²) >= 11 is 5.80. The lowest BCUT2D eigenvalue weighted by molar-refractivity contribution is 0.626. The Morgan fingerprint density at radius 3 is 2.83 bits per heavy atom. The van der Waals surface area contributed by atoms with Gasteiger partial charge in [0, 0.05) is 5.02 Å². The molecule has 0 spiro atoms. The molecule has 0 radical (unpaired) electrons. The zero-order valence-electron chi connectivity index (χ0n) is 6.90. The van der Waals surface area contributed by atoms with Gasteiger partial charge in [-0.1, -0.05) is 17.7 Å². The highest BCUT2D eigenvalue weighted by Gasteiger charge is 2.00. The fourth-order valence-electron chi connectivity index (χ4n) is 0.984. The molecule has 0 fully saturated rings. The average Bonchev–Trinajstić information content (AvgIpc) is 2.03. The molecule has 0 saturated heterocycles. The molecule has 1 rings (SSSR count). The highest BCUT2D eigenvalue weighted by Crippen LogP contribution is 2.17. The number of rotatable bonds is 3. The van der Waals surface area contributed by atoms with Crippen LogP contribution in [0, 0.1) is 5.82 Å². The fraction of sp³-hybridized carbons (Fsp3) is 0.333. The molecule has 0 aliphatic heterocycles. The lowest BCUT2D eigenvalue weighted by Gasteiger charge is -2.02. The Bertz CT molecular complexity index is 263. The van der Waals surface area contributed by atoms with Gasteiger partial charge in [0.05, 0.1) is 0 Å². The van der Waals surface area contributed by atoms with Crippen LogP contribution in [0.15, 0.2) is 18.2 Å². The van der Waals surface area contributed by atoms with Crippen LogP contribution in [0.5, 0.6) is 0 Å². The fourth-order valence-corrected chi connectivity index (χ4v) is 1.25. The van der Waals surface area contributed by atoms with Gasteiger partial charge >= 0.3 is 0 Å². The van der Waals surface area contributed by atoms with E-state index >= 15 is 0 Å². The van der Waals surface area contributed by atoms with Crippen LogP contribution in [0.3, 0.4) is 0 Å². The predicted octanol–water partition coefficient (Wildman–Crippen LogP) is 2.24. The molecule has 1 aromatic rings. The Morgan fingerprint density at radius 2 is 2.25 bits per heavy atom. The second-order valence-electron chi connectivity index (χ2n) is 2.59. The van der Waals surface area contributed by atoms with Gasteiger partial charge in [-0.15, -0.1) is 0 Å². The van der Waals surface area contributed by atoms with Crippen LogP contribution >= 0.6 is 11.6 Å². The first-order chi connectivity index (χ1) is 5.74. The van der Waals surface area contributed by atoms with E-state index in [1.54, 1.807) is 6.07 Å². The molecule has 0 atom stereocenters. The van der Waals surface area contributed by atoms with E-state index in [0.717, 1.165) is 18.5 Å². The second kappa shape index (κ2) is 4.43. The van der Waals surface area contributed by atoms with Crippen molar-refractivity contribution in [2.24, 2.45) is 0 Å². The highest BCUT2D eigenvalue weighted by atomic mass is 35.5. The van der Waals surface area contributed by atoms with Crippen molar-refractivity contribution in [2.45, 2.75) is 6.42 Å². The van der Waals surface area contributed by atoms with E-state index in [9.17, 15) is 4.39 Å². The summed E-state index contributed by atoms with van der Waals surface area (Å²) in [7, 11) is 1.87. The lowest BCUT2D eigenvalue weighted by Crippen LogP contribution is -2.10. The van der Waals surface area contributed by atoms with E-state index in [2.05, 4.69) is 5.32 Å². The number of likely N-dealkylation sites (N-methyl/N-ethyl adjacent to an activating group) is 1. The number of nitrogens with one attached hydrogen (secondary N) is 1. The predicted molar refractivity (Wildman–Crippen MR) is 49.0 cm³/mol. The molecule has 1 aromatic carbocycles. The van der Waals surface area contributed by atoms with Crippen LogP contribution in [-0.2, 0) is 6.42 Å². The maximum atomic E-state index is 12.6. The van der Waals surface area contributed by atoms with Gasteiger partial charge in [0.2, 0.25) is 0 Å². The first-order valence-electron chi connectivity index (χ1n) is 3.82. The van der Waals surface area contributed by atoms with Crippen LogP contribution in [0.4, 0.5) is 4.39 Å². The molecule has 0 aliphatic carbocycles. The quantitative estimate of drug-likeness (QED) is 0.766. The van der Waals surface area contributed by atoms with Crippen molar-refractivity contribution in [3.8, 4) is 0 Å². The first-order valence-corrected chi connectivity index (χ1v) is 4.20. The molecule has 0 unspecified atom stereocenters. The third-order valence-electron chi connectivity index (χ3n) is 1.66. The number of halogens is 2. The summed E-state index contributed by atoms with van der Waals surface area (Å²) in [5, 5.41) is 3.51. The van der Waals surface area contributed by atoms with Crippen LogP contribution in [-0.4, -0.2) is 13.6 Å². The van der Waals surface area contributed by atoms with Gasteiger partial charge in [-0.3, -0.25) is 0 Å². The molecule has 1 N–H and O–H groups in total. The van der Waals surface area contributed by atoms with Crippen molar-refractivity contribution in [1.82, 2.24) is 5.32 Å². The van der Waals surface area contributed by atoms with Crippen molar-refractivity contribution in [3.63, 3.8) is 0 Å². The minimum absolute atomic E-state index is 0.284. The molecular weight excluding hydrogens is 177 g/mol. The SMILES string of the molecule is CNCCc1ccc(F)cc1Cl. The molecule has 3 heteroatoms. The highest BCUT2D eigenvalue weighted by molar-refractivity contribution is 6.31.